The average Bonchev–Trinajstić information content (AvgIpc) is 3.81. The Morgan fingerprint density at radius 1 is 0.388 bits per heavy atom. The third-order valence-corrected chi connectivity index (χ3v) is 9.26. The molecule has 0 saturated heterocycles. The zero-order chi connectivity index (χ0) is 32.3. The molecule has 49 heavy (non-hydrogen) atoms. The lowest BCUT2D eigenvalue weighted by Crippen LogP contribution is -1.98. The molecule has 0 aliphatic rings. The van der Waals surface area contributed by atoms with E-state index in [-0.39, 0.29) is 0 Å². The van der Waals surface area contributed by atoms with Crippen molar-refractivity contribution in [3.05, 3.63) is 170 Å². The van der Waals surface area contributed by atoms with E-state index in [4.69, 9.17) is 15.0 Å². The third kappa shape index (κ3) is 4.31. The highest BCUT2D eigenvalue weighted by molar-refractivity contribution is 6.09. The smallest absolute Gasteiger partial charge is 0.222 e. The topological polar surface area (TPSA) is 52.9 Å². The van der Waals surface area contributed by atoms with Gasteiger partial charge in [0.15, 0.2) is 11.5 Å². The van der Waals surface area contributed by atoms with Gasteiger partial charge in [0.05, 0.1) is 27.9 Å². The second kappa shape index (κ2) is 10.9. The average molecular weight is 629 g/mol. The van der Waals surface area contributed by atoms with Gasteiger partial charge < -0.3 is 0 Å². The van der Waals surface area contributed by atoms with Crippen LogP contribution in [0.1, 0.15) is 0 Å². The predicted molar refractivity (Wildman–Crippen MR) is 198 cm³/mol. The van der Waals surface area contributed by atoms with Crippen LogP contribution < -0.4 is 0 Å². The van der Waals surface area contributed by atoms with Crippen LogP contribution in [0.3, 0.4) is 0 Å². The molecule has 0 fully saturated rings. The minimum atomic E-state index is 0.673. The van der Waals surface area contributed by atoms with Crippen molar-refractivity contribution >= 4 is 38.9 Å². The number of para-hydroxylation sites is 3. The van der Waals surface area contributed by atoms with E-state index in [0.29, 0.717) is 5.82 Å². The lowest BCUT2D eigenvalue weighted by atomic mass is 10.1. The number of aromatic nitrogens is 6. The Hall–Kier alpha value is -6.79. The first-order chi connectivity index (χ1) is 24.3. The second-order valence-electron chi connectivity index (χ2n) is 12.2. The molecule has 4 heterocycles. The molecule has 10 aromatic rings. The van der Waals surface area contributed by atoms with E-state index in [1.165, 1.54) is 0 Å². The highest BCUT2D eigenvalue weighted by atomic mass is 15.2. The Kier molecular flexibility index (Phi) is 6.08. The third-order valence-electron chi connectivity index (χ3n) is 9.26. The molecule has 0 atom stereocenters. The van der Waals surface area contributed by atoms with Gasteiger partial charge >= 0.3 is 0 Å². The maximum Gasteiger partial charge on any atom is 0.222 e. The van der Waals surface area contributed by atoms with Gasteiger partial charge in [0, 0.05) is 33.5 Å². The highest BCUT2D eigenvalue weighted by Crippen LogP contribution is 2.38. The minimum Gasteiger partial charge on any atom is -0.292 e. The van der Waals surface area contributed by atoms with E-state index >= 15 is 0 Å². The fourth-order valence-electron chi connectivity index (χ4n) is 7.05. The van der Waals surface area contributed by atoms with Crippen LogP contribution >= 0.6 is 0 Å². The van der Waals surface area contributed by atoms with Gasteiger partial charge in [-0.2, -0.15) is 4.98 Å². The van der Waals surface area contributed by atoms with Crippen molar-refractivity contribution in [3.8, 4) is 45.3 Å². The van der Waals surface area contributed by atoms with Gasteiger partial charge in [0.25, 0.3) is 0 Å². The van der Waals surface area contributed by atoms with Crippen molar-refractivity contribution in [2.45, 2.75) is 0 Å². The molecular formula is C43H28N6. The summed E-state index contributed by atoms with van der Waals surface area (Å²) in [6, 6.07) is 58.7. The number of fused-ring (bicyclic) bond motifs is 7. The summed E-state index contributed by atoms with van der Waals surface area (Å²) in [6.07, 6.45) is 0. The molecule has 0 radical (unpaired) electrons. The number of hydrogen-bond acceptors (Lipinski definition) is 3. The molecule has 6 nitrogen and oxygen atoms in total. The van der Waals surface area contributed by atoms with Crippen molar-refractivity contribution in [1.29, 1.82) is 0 Å². The first-order valence-corrected chi connectivity index (χ1v) is 16.4. The Morgan fingerprint density at radius 2 is 0.939 bits per heavy atom. The van der Waals surface area contributed by atoms with Crippen LogP contribution in [0.15, 0.2) is 170 Å². The summed E-state index contributed by atoms with van der Waals surface area (Å²) < 4.78 is 6.82. The minimum absolute atomic E-state index is 0.673. The van der Waals surface area contributed by atoms with Crippen molar-refractivity contribution in [3.63, 3.8) is 0 Å². The van der Waals surface area contributed by atoms with Crippen LogP contribution in [0.2, 0.25) is 0 Å². The fraction of sp³-hybridized carbons (Fsp3) is 0. The number of hydrogen-bond donors (Lipinski definition) is 0. The first-order valence-electron chi connectivity index (χ1n) is 16.4. The molecule has 230 valence electrons. The van der Waals surface area contributed by atoms with Gasteiger partial charge in [0.1, 0.15) is 5.52 Å². The van der Waals surface area contributed by atoms with Crippen LogP contribution in [0, 0.1) is 0 Å². The highest BCUT2D eigenvalue weighted by Gasteiger charge is 2.24. The molecule has 0 aliphatic carbocycles. The monoisotopic (exact) mass is 628 g/mol. The first kappa shape index (κ1) is 27.3. The summed E-state index contributed by atoms with van der Waals surface area (Å²) in [4.78, 5) is 15.7. The molecule has 0 saturated carbocycles. The summed E-state index contributed by atoms with van der Waals surface area (Å²) in [5.74, 6) is 1.52. The van der Waals surface area contributed by atoms with Crippen LogP contribution in [-0.4, -0.2) is 28.5 Å². The number of rotatable bonds is 5. The Morgan fingerprint density at radius 3 is 1.57 bits per heavy atom. The molecular weight excluding hydrogens is 601 g/mol. The Labute approximate surface area is 281 Å². The van der Waals surface area contributed by atoms with Crippen LogP contribution in [0.5, 0.6) is 0 Å². The van der Waals surface area contributed by atoms with Crippen LogP contribution in [0.25, 0.3) is 84.2 Å². The van der Waals surface area contributed by atoms with Crippen molar-refractivity contribution < 1.29 is 0 Å². The molecule has 0 bridgehead atoms. The molecule has 4 aromatic heterocycles. The van der Waals surface area contributed by atoms with E-state index < -0.39 is 0 Å². The summed E-state index contributed by atoms with van der Waals surface area (Å²) in [7, 11) is 0. The summed E-state index contributed by atoms with van der Waals surface area (Å²) in [5, 5.41) is 1.15. The van der Waals surface area contributed by atoms with E-state index in [1.54, 1.807) is 0 Å². The molecule has 0 amide bonds. The standard InChI is InChI=1S/C43H28N6/c1-5-15-29(16-6-1)35-28-36(30-17-7-2-8-18-30)45-41(44-35)31-25-26-38-39(27-31)48(33-21-11-4-12-22-33)43-46-42-40(49(38)43)34-23-13-14-24-37(34)47(42)32-19-9-3-10-20-32/h1-28H. The maximum absolute atomic E-state index is 5.41. The molecule has 0 spiro atoms. The van der Waals surface area contributed by atoms with E-state index in [1.807, 2.05) is 48.5 Å². The van der Waals surface area contributed by atoms with E-state index in [2.05, 4.69) is 135 Å². The molecule has 6 aromatic carbocycles. The SMILES string of the molecule is c1ccc(-c2cc(-c3ccccc3)nc(-c3ccc4c(c3)n(-c3ccccc3)c3nc5c(c6ccccc6n5-c5ccccc5)n43)n2)cc1. The zero-order valence-electron chi connectivity index (χ0n) is 26.3. The van der Waals surface area contributed by atoms with Crippen molar-refractivity contribution in [2.75, 3.05) is 0 Å². The molecule has 10 rings (SSSR count). The predicted octanol–water partition coefficient (Wildman–Crippen LogP) is 10.2. The van der Waals surface area contributed by atoms with Gasteiger partial charge in [-0.15, -0.1) is 0 Å². The maximum atomic E-state index is 5.41. The zero-order valence-corrected chi connectivity index (χ0v) is 26.3. The summed E-state index contributed by atoms with van der Waals surface area (Å²) >= 11 is 0. The molecule has 0 unspecified atom stereocenters. The fourth-order valence-corrected chi connectivity index (χ4v) is 7.05. The second-order valence-corrected chi connectivity index (χ2v) is 12.2. The van der Waals surface area contributed by atoms with Gasteiger partial charge in [-0.3, -0.25) is 13.5 Å². The lowest BCUT2D eigenvalue weighted by Gasteiger charge is -2.10. The Balaban J connectivity index is 1.27. The number of nitrogens with zero attached hydrogens (tertiary/aromatic N) is 6. The summed E-state index contributed by atoms with van der Waals surface area (Å²) in [5.41, 5.74) is 12.1. The normalized spacial score (nSPS) is 11.7. The van der Waals surface area contributed by atoms with Crippen LogP contribution in [0.4, 0.5) is 0 Å². The summed E-state index contributed by atoms with van der Waals surface area (Å²) in [6.45, 7) is 0. The van der Waals surface area contributed by atoms with Crippen LogP contribution in [-0.2, 0) is 0 Å². The van der Waals surface area contributed by atoms with Gasteiger partial charge in [-0.1, -0.05) is 115 Å². The van der Waals surface area contributed by atoms with Crippen molar-refractivity contribution in [1.82, 2.24) is 28.5 Å². The van der Waals surface area contributed by atoms with E-state index in [0.717, 1.165) is 78.3 Å². The number of imidazole rings is 2. The van der Waals surface area contributed by atoms with E-state index in [9.17, 15) is 0 Å². The van der Waals surface area contributed by atoms with Gasteiger partial charge in [-0.05, 0) is 54.6 Å². The quantitative estimate of drug-likeness (QED) is 0.191. The Bertz CT molecular complexity index is 2740. The molecule has 6 heteroatoms. The molecule has 0 aliphatic heterocycles. The van der Waals surface area contributed by atoms with Gasteiger partial charge in [0.2, 0.25) is 5.78 Å². The van der Waals surface area contributed by atoms with Crippen molar-refractivity contribution in [2.24, 2.45) is 0 Å². The van der Waals surface area contributed by atoms with Gasteiger partial charge in [-0.25, -0.2) is 9.97 Å². The lowest BCUT2D eigenvalue weighted by molar-refractivity contribution is 1.09. The molecule has 0 N–H and O–H groups in total. The largest absolute Gasteiger partial charge is 0.292 e. The number of benzene rings is 6.